The van der Waals surface area contributed by atoms with E-state index in [-0.39, 0.29) is 6.04 Å². The number of fused-ring (bicyclic) bond motifs is 1. The minimum absolute atomic E-state index is 0.0463. The Balaban J connectivity index is 2.10. The van der Waals surface area contributed by atoms with Crippen LogP contribution >= 0.6 is 0 Å². The average Bonchev–Trinajstić information content (AvgIpc) is 2.69. The predicted molar refractivity (Wildman–Crippen MR) is 80.4 cm³/mol. The molecule has 1 atom stereocenters. The molecule has 0 saturated carbocycles. The average molecular weight is 269 g/mol. The number of aromatic nitrogens is 1. The van der Waals surface area contributed by atoms with Crippen molar-refractivity contribution < 1.29 is 4.74 Å². The van der Waals surface area contributed by atoms with Gasteiger partial charge in [-0.3, -0.25) is 0 Å². The second-order valence-electron chi connectivity index (χ2n) is 5.03. The van der Waals surface area contributed by atoms with E-state index in [1.54, 1.807) is 0 Å². The van der Waals surface area contributed by atoms with E-state index in [0.717, 1.165) is 42.4 Å². The number of nitrogens with zero attached hydrogens (tertiary/aromatic N) is 2. The lowest BCUT2D eigenvalue weighted by atomic mass is 10.1. The van der Waals surface area contributed by atoms with E-state index in [9.17, 15) is 0 Å². The Labute approximate surface area is 119 Å². The molecule has 1 aromatic carbocycles. The largest absolute Gasteiger partial charge is 0.491 e. The lowest BCUT2D eigenvalue weighted by molar-refractivity contribution is 0.322. The monoisotopic (exact) mass is 269 g/mol. The second kappa shape index (κ2) is 5.51. The van der Waals surface area contributed by atoms with Crippen LogP contribution in [0.2, 0.25) is 0 Å². The van der Waals surface area contributed by atoms with Gasteiger partial charge in [-0.2, -0.15) is 0 Å². The van der Waals surface area contributed by atoms with Gasteiger partial charge in [0.25, 0.3) is 0 Å². The number of hydrogen-bond donors (Lipinski definition) is 1. The maximum Gasteiger partial charge on any atom is 0.142 e. The molecule has 1 aliphatic heterocycles. The van der Waals surface area contributed by atoms with Gasteiger partial charge in [0.2, 0.25) is 0 Å². The fourth-order valence-corrected chi connectivity index (χ4v) is 2.54. The van der Waals surface area contributed by atoms with Crippen molar-refractivity contribution in [2.24, 2.45) is 5.73 Å². The number of hydrogen-bond acceptors (Lipinski definition) is 4. The van der Waals surface area contributed by atoms with Crippen LogP contribution in [0.5, 0.6) is 5.75 Å². The third-order valence-electron chi connectivity index (χ3n) is 3.50. The van der Waals surface area contributed by atoms with Gasteiger partial charge in [0.15, 0.2) is 0 Å². The summed E-state index contributed by atoms with van der Waals surface area (Å²) >= 11 is 0. The van der Waals surface area contributed by atoms with Crippen molar-refractivity contribution in [2.45, 2.75) is 19.4 Å². The molecular formula is C16H19N3O. The summed E-state index contributed by atoms with van der Waals surface area (Å²) in [5, 5.41) is 0. The molecular weight excluding hydrogens is 250 g/mol. The summed E-state index contributed by atoms with van der Waals surface area (Å²) in [6.07, 6.45) is 2.78. The van der Waals surface area contributed by atoms with E-state index in [1.807, 2.05) is 43.5 Å². The van der Waals surface area contributed by atoms with Crippen molar-refractivity contribution >= 4 is 11.5 Å². The molecule has 0 spiro atoms. The van der Waals surface area contributed by atoms with Gasteiger partial charge in [-0.15, -0.1) is 0 Å². The first-order valence-electron chi connectivity index (χ1n) is 6.97. The van der Waals surface area contributed by atoms with Crippen LogP contribution in [-0.4, -0.2) is 18.1 Å². The molecule has 3 rings (SSSR count). The molecule has 2 aromatic rings. The summed E-state index contributed by atoms with van der Waals surface area (Å²) in [6, 6.07) is 12.0. The summed E-state index contributed by atoms with van der Waals surface area (Å²) in [6.45, 7) is 3.60. The van der Waals surface area contributed by atoms with E-state index in [1.165, 1.54) is 0 Å². The second-order valence-corrected chi connectivity index (χ2v) is 5.03. The Hall–Kier alpha value is -2.07. The molecule has 0 fully saturated rings. The number of benzene rings is 1. The Morgan fingerprint density at radius 3 is 2.95 bits per heavy atom. The van der Waals surface area contributed by atoms with Gasteiger partial charge in [-0.1, -0.05) is 18.2 Å². The summed E-state index contributed by atoms with van der Waals surface area (Å²) in [5.41, 5.74) is 8.20. The Morgan fingerprint density at radius 1 is 1.25 bits per heavy atom. The van der Waals surface area contributed by atoms with Crippen LogP contribution in [0.3, 0.4) is 0 Å². The minimum Gasteiger partial charge on any atom is -0.491 e. The smallest absolute Gasteiger partial charge is 0.142 e. The van der Waals surface area contributed by atoms with Crippen LogP contribution in [0.15, 0.2) is 42.6 Å². The lowest BCUT2D eigenvalue weighted by Crippen LogP contribution is -2.22. The molecule has 4 nitrogen and oxygen atoms in total. The van der Waals surface area contributed by atoms with Crippen LogP contribution in [0.25, 0.3) is 0 Å². The predicted octanol–water partition coefficient (Wildman–Crippen LogP) is 3.02. The molecule has 104 valence electrons. The van der Waals surface area contributed by atoms with Crippen molar-refractivity contribution in [1.82, 2.24) is 4.98 Å². The summed E-state index contributed by atoms with van der Waals surface area (Å²) in [5.74, 6) is 1.84. The van der Waals surface area contributed by atoms with E-state index in [4.69, 9.17) is 10.5 Å². The van der Waals surface area contributed by atoms with Crippen LogP contribution in [-0.2, 0) is 0 Å². The first-order chi connectivity index (χ1) is 9.77. The molecule has 1 aliphatic rings. The zero-order valence-electron chi connectivity index (χ0n) is 11.6. The maximum absolute atomic E-state index is 6.08. The van der Waals surface area contributed by atoms with E-state index in [2.05, 4.69) is 16.0 Å². The van der Waals surface area contributed by atoms with Crippen LogP contribution < -0.4 is 15.4 Å². The normalized spacial score (nSPS) is 16.0. The van der Waals surface area contributed by atoms with Gasteiger partial charge in [0.1, 0.15) is 11.6 Å². The third-order valence-corrected chi connectivity index (χ3v) is 3.50. The lowest BCUT2D eigenvalue weighted by Gasteiger charge is -2.26. The molecule has 0 aliphatic carbocycles. The molecule has 4 heteroatoms. The SMILES string of the molecule is C[C@@H](N)c1cccnc1N1CCCOc2ccccc21. The minimum atomic E-state index is -0.0463. The zero-order valence-corrected chi connectivity index (χ0v) is 11.6. The molecule has 20 heavy (non-hydrogen) atoms. The van der Waals surface area contributed by atoms with Gasteiger partial charge in [0, 0.05) is 24.3 Å². The van der Waals surface area contributed by atoms with Gasteiger partial charge >= 0.3 is 0 Å². The number of rotatable bonds is 2. The summed E-state index contributed by atoms with van der Waals surface area (Å²) < 4.78 is 5.80. The molecule has 0 amide bonds. The van der Waals surface area contributed by atoms with Crippen molar-refractivity contribution in [3.63, 3.8) is 0 Å². The summed E-state index contributed by atoms with van der Waals surface area (Å²) in [4.78, 5) is 6.76. The molecule has 0 radical (unpaired) electrons. The number of nitrogens with two attached hydrogens (primary N) is 1. The molecule has 0 unspecified atom stereocenters. The van der Waals surface area contributed by atoms with Gasteiger partial charge in [-0.05, 0) is 31.5 Å². The number of anilines is 2. The van der Waals surface area contributed by atoms with Crippen molar-refractivity contribution in [2.75, 3.05) is 18.1 Å². The third kappa shape index (κ3) is 2.34. The van der Waals surface area contributed by atoms with Gasteiger partial charge < -0.3 is 15.4 Å². The molecule has 1 aromatic heterocycles. The fourth-order valence-electron chi connectivity index (χ4n) is 2.54. The molecule has 0 saturated heterocycles. The maximum atomic E-state index is 6.08. The highest BCUT2D eigenvalue weighted by atomic mass is 16.5. The van der Waals surface area contributed by atoms with E-state index < -0.39 is 0 Å². The van der Waals surface area contributed by atoms with E-state index >= 15 is 0 Å². The van der Waals surface area contributed by atoms with Gasteiger partial charge in [-0.25, -0.2) is 4.98 Å². The molecule has 2 heterocycles. The fraction of sp³-hybridized carbons (Fsp3) is 0.312. The zero-order chi connectivity index (χ0) is 13.9. The quantitative estimate of drug-likeness (QED) is 0.910. The first-order valence-corrected chi connectivity index (χ1v) is 6.97. The Morgan fingerprint density at radius 2 is 2.10 bits per heavy atom. The van der Waals surface area contributed by atoms with Crippen LogP contribution in [0.1, 0.15) is 24.9 Å². The highest BCUT2D eigenvalue weighted by Crippen LogP contribution is 2.37. The Kier molecular flexibility index (Phi) is 3.56. The van der Waals surface area contributed by atoms with Crippen molar-refractivity contribution in [3.05, 3.63) is 48.2 Å². The topological polar surface area (TPSA) is 51.4 Å². The molecule has 2 N–H and O–H groups in total. The van der Waals surface area contributed by atoms with Crippen molar-refractivity contribution in [1.29, 1.82) is 0 Å². The number of ether oxygens (including phenoxy) is 1. The highest BCUT2D eigenvalue weighted by molar-refractivity contribution is 5.69. The number of para-hydroxylation sites is 2. The summed E-state index contributed by atoms with van der Waals surface area (Å²) in [7, 11) is 0. The highest BCUT2D eigenvalue weighted by Gasteiger charge is 2.21. The van der Waals surface area contributed by atoms with Gasteiger partial charge in [0.05, 0.1) is 12.3 Å². The first kappa shape index (κ1) is 12.9. The van der Waals surface area contributed by atoms with Crippen molar-refractivity contribution in [3.8, 4) is 5.75 Å². The van der Waals surface area contributed by atoms with Crippen LogP contribution in [0, 0.1) is 0 Å². The standard InChI is InChI=1S/C16H19N3O/c1-12(17)13-6-4-9-18-16(13)19-10-5-11-20-15-8-3-2-7-14(15)19/h2-4,6-9,12H,5,10-11,17H2,1H3/t12-/m1/s1. The van der Waals surface area contributed by atoms with Crippen LogP contribution in [0.4, 0.5) is 11.5 Å². The number of pyridine rings is 1. The molecule has 0 bridgehead atoms. The van der Waals surface area contributed by atoms with E-state index in [0.29, 0.717) is 0 Å². The Bertz CT molecular complexity index is 598.